The van der Waals surface area contributed by atoms with E-state index in [1.807, 2.05) is 0 Å². The molecular weight excluding hydrogens is 450 g/mol. The smallest absolute Gasteiger partial charge is 0.275 e. The number of para-hydroxylation sites is 1. The van der Waals surface area contributed by atoms with E-state index in [1.54, 1.807) is 28.7 Å². The molecule has 1 saturated heterocycles. The van der Waals surface area contributed by atoms with Gasteiger partial charge in [0.1, 0.15) is 10.4 Å². The van der Waals surface area contributed by atoms with Crippen LogP contribution >= 0.6 is 22.7 Å². The molecule has 1 aliphatic rings. The topological polar surface area (TPSA) is 62.6 Å². The lowest BCUT2D eigenvalue weighted by Crippen LogP contribution is -2.28. The minimum Gasteiger partial charge on any atom is -0.299 e. The van der Waals surface area contributed by atoms with Crippen molar-refractivity contribution in [2.45, 2.75) is 0 Å². The predicted octanol–water partition coefficient (Wildman–Crippen LogP) is 5.81. The minimum absolute atomic E-state index is 0.142. The lowest BCUT2D eigenvalue weighted by atomic mass is 10.0. The number of rotatable bonds is 1. The predicted molar refractivity (Wildman–Crippen MR) is 136 cm³/mol. The van der Waals surface area contributed by atoms with Gasteiger partial charge in [-0.3, -0.25) is 24.8 Å². The van der Waals surface area contributed by atoms with Crippen molar-refractivity contribution in [2.75, 3.05) is 0 Å². The molecule has 33 heavy (non-hydrogen) atoms. The van der Waals surface area contributed by atoms with Crippen LogP contribution in [-0.4, -0.2) is 16.2 Å². The van der Waals surface area contributed by atoms with Crippen LogP contribution in [0.2, 0.25) is 0 Å². The van der Waals surface area contributed by atoms with Gasteiger partial charge in [-0.25, -0.2) is 0 Å². The van der Waals surface area contributed by atoms with Crippen molar-refractivity contribution in [3.63, 3.8) is 0 Å². The Balaban J connectivity index is 1.57. The molecule has 2 amide bonds. The van der Waals surface area contributed by atoms with Gasteiger partial charge in [-0.05, 0) is 29.0 Å². The summed E-state index contributed by atoms with van der Waals surface area (Å²) in [5.41, 5.74) is 7.35. The molecule has 0 atom stereocenters. The van der Waals surface area contributed by atoms with Crippen LogP contribution in [0.25, 0.3) is 63.7 Å². The molecule has 1 aliphatic heterocycles. The fourth-order valence-electron chi connectivity index (χ4n) is 5.23. The monoisotopic (exact) mass is 463 g/mol. The molecule has 0 spiro atoms. The number of nitrogens with one attached hydrogen (secondary N) is 2. The normalized spacial score (nSPS) is 14.6. The molecule has 7 aromatic rings. The Morgan fingerprint density at radius 3 is 2.48 bits per heavy atom. The Hall–Kier alpha value is -3.94. The van der Waals surface area contributed by atoms with E-state index >= 15 is 0 Å². The maximum absolute atomic E-state index is 12.0. The standard InChI is InChI=1S/C26H13N3O2S2/c30-24-17(25(31)28-27-24)10-13-11-19-23(32-13)21-16-6-3-4-12-8-9-15-14-5-1-2-7-18(14)29(26(21)33-19)22(15)20(12)16/h1-11H,(H,27,30)(H,28,31). The minimum atomic E-state index is -0.390. The van der Waals surface area contributed by atoms with Crippen LogP contribution in [0.4, 0.5) is 0 Å². The molecule has 0 aliphatic carbocycles. The zero-order chi connectivity index (χ0) is 21.8. The van der Waals surface area contributed by atoms with Crippen LogP contribution in [-0.2, 0) is 9.59 Å². The number of benzene rings is 3. The van der Waals surface area contributed by atoms with Gasteiger partial charge in [0, 0.05) is 31.1 Å². The van der Waals surface area contributed by atoms with Gasteiger partial charge >= 0.3 is 0 Å². The van der Waals surface area contributed by atoms with E-state index in [-0.39, 0.29) is 5.57 Å². The first-order valence-corrected chi connectivity index (χ1v) is 12.2. The number of thiophene rings is 2. The van der Waals surface area contributed by atoms with Crippen LogP contribution in [0.3, 0.4) is 0 Å². The van der Waals surface area contributed by atoms with Crippen LogP contribution in [0, 0.1) is 0 Å². The summed E-state index contributed by atoms with van der Waals surface area (Å²) in [5, 5.41) is 7.52. The highest BCUT2D eigenvalue weighted by Crippen LogP contribution is 2.48. The molecule has 0 radical (unpaired) electrons. The number of carbonyl (C=O) groups is 2. The van der Waals surface area contributed by atoms with Crippen molar-refractivity contribution in [3.8, 4) is 0 Å². The molecule has 5 nitrogen and oxygen atoms in total. The highest BCUT2D eigenvalue weighted by Gasteiger charge is 2.26. The van der Waals surface area contributed by atoms with E-state index < -0.39 is 11.8 Å². The van der Waals surface area contributed by atoms with E-state index in [9.17, 15) is 9.59 Å². The molecular formula is C26H13N3O2S2. The summed E-state index contributed by atoms with van der Waals surface area (Å²) in [6.45, 7) is 0. The summed E-state index contributed by atoms with van der Waals surface area (Å²) in [6.07, 6.45) is 1.68. The van der Waals surface area contributed by atoms with Crippen molar-refractivity contribution < 1.29 is 9.59 Å². The third-order valence-corrected chi connectivity index (χ3v) is 8.93. The number of carbonyl (C=O) groups excluding carboxylic acids is 2. The largest absolute Gasteiger partial charge is 0.299 e. The quantitative estimate of drug-likeness (QED) is 0.238. The molecule has 7 heteroatoms. The average Bonchev–Trinajstić information content (AvgIpc) is 3.55. The zero-order valence-corrected chi connectivity index (χ0v) is 18.6. The first-order chi connectivity index (χ1) is 16.2. The SMILES string of the molecule is O=C1NNC(=O)C1=Cc1cc2sc3c(c4cccc5ccc6c7ccccc7n3c6c54)c2s1. The second kappa shape index (κ2) is 5.89. The molecule has 156 valence electrons. The molecule has 0 bridgehead atoms. The first kappa shape index (κ1) is 17.6. The lowest BCUT2D eigenvalue weighted by molar-refractivity contribution is -0.117. The van der Waals surface area contributed by atoms with Crippen molar-refractivity contribution >= 4 is 98.1 Å². The Morgan fingerprint density at radius 1 is 0.788 bits per heavy atom. The first-order valence-electron chi connectivity index (χ1n) is 10.5. The highest BCUT2D eigenvalue weighted by molar-refractivity contribution is 7.33. The van der Waals surface area contributed by atoms with E-state index in [1.165, 1.54) is 52.9 Å². The van der Waals surface area contributed by atoms with Gasteiger partial charge in [0.15, 0.2) is 0 Å². The molecule has 5 heterocycles. The van der Waals surface area contributed by atoms with Gasteiger partial charge < -0.3 is 0 Å². The van der Waals surface area contributed by atoms with E-state index in [0.29, 0.717) is 0 Å². The van der Waals surface area contributed by atoms with Crippen molar-refractivity contribution in [2.24, 2.45) is 0 Å². The molecule has 0 unspecified atom stereocenters. The number of nitrogens with zero attached hydrogens (tertiary/aromatic N) is 1. The average molecular weight is 464 g/mol. The summed E-state index contributed by atoms with van der Waals surface area (Å²) >= 11 is 3.39. The molecule has 3 aromatic carbocycles. The Labute approximate surface area is 193 Å². The zero-order valence-electron chi connectivity index (χ0n) is 16.9. The molecule has 4 aromatic heterocycles. The van der Waals surface area contributed by atoms with Gasteiger partial charge in [-0.1, -0.05) is 48.5 Å². The number of aromatic nitrogens is 1. The third-order valence-electron chi connectivity index (χ3n) is 6.58. The van der Waals surface area contributed by atoms with Crippen LogP contribution in [0.15, 0.2) is 66.2 Å². The number of pyridine rings is 1. The maximum Gasteiger partial charge on any atom is 0.275 e. The number of fused-ring (bicyclic) bond motifs is 8. The third kappa shape index (κ3) is 2.11. The number of amides is 2. The van der Waals surface area contributed by atoms with E-state index in [0.717, 1.165) is 9.58 Å². The Kier molecular flexibility index (Phi) is 3.14. The summed E-state index contributed by atoms with van der Waals surface area (Å²) in [5.74, 6) is -0.780. The lowest BCUT2D eigenvalue weighted by Gasteiger charge is -2.10. The van der Waals surface area contributed by atoms with Crippen LogP contribution in [0.1, 0.15) is 4.88 Å². The summed E-state index contributed by atoms with van der Waals surface area (Å²) < 4.78 is 4.77. The summed E-state index contributed by atoms with van der Waals surface area (Å²) in [4.78, 5) is 26.1. The van der Waals surface area contributed by atoms with E-state index in [2.05, 4.69) is 75.9 Å². The number of hydrazine groups is 1. The van der Waals surface area contributed by atoms with Crippen molar-refractivity contribution in [1.29, 1.82) is 0 Å². The van der Waals surface area contributed by atoms with E-state index in [4.69, 9.17) is 0 Å². The maximum atomic E-state index is 12.0. The summed E-state index contributed by atoms with van der Waals surface area (Å²) in [6, 6.07) is 21.6. The highest BCUT2D eigenvalue weighted by atomic mass is 32.1. The fraction of sp³-hybridized carbons (Fsp3) is 0. The Morgan fingerprint density at radius 2 is 1.61 bits per heavy atom. The van der Waals surface area contributed by atoms with Crippen molar-refractivity contribution in [1.82, 2.24) is 15.3 Å². The Bertz CT molecular complexity index is 2000. The summed E-state index contributed by atoms with van der Waals surface area (Å²) in [7, 11) is 0. The van der Waals surface area contributed by atoms with Gasteiger partial charge in [0.25, 0.3) is 11.8 Å². The van der Waals surface area contributed by atoms with Gasteiger partial charge in [0.2, 0.25) is 0 Å². The van der Waals surface area contributed by atoms with Gasteiger partial charge in [-0.2, -0.15) is 0 Å². The molecule has 8 rings (SSSR count). The molecule has 0 saturated carbocycles. The van der Waals surface area contributed by atoms with Gasteiger partial charge in [-0.15, -0.1) is 22.7 Å². The molecule has 1 fully saturated rings. The van der Waals surface area contributed by atoms with Crippen LogP contribution < -0.4 is 10.9 Å². The van der Waals surface area contributed by atoms with Crippen LogP contribution in [0.5, 0.6) is 0 Å². The van der Waals surface area contributed by atoms with Gasteiger partial charge in [0.05, 0.1) is 15.7 Å². The van der Waals surface area contributed by atoms with Crippen molar-refractivity contribution in [3.05, 3.63) is 71.1 Å². The number of hydrogen-bond donors (Lipinski definition) is 2. The second-order valence-electron chi connectivity index (χ2n) is 8.31. The fourth-order valence-corrected chi connectivity index (χ4v) is 7.86. The number of hydrogen-bond acceptors (Lipinski definition) is 4. The second-order valence-corrected chi connectivity index (χ2v) is 10.4. The molecule has 2 N–H and O–H groups in total.